The SMILES string of the molecule is COc1ccc2occ(CCNC3CC3)c2c1. The van der Waals surface area contributed by atoms with Gasteiger partial charge in [0.05, 0.1) is 13.4 Å². The fourth-order valence-electron chi connectivity index (χ4n) is 2.08. The summed E-state index contributed by atoms with van der Waals surface area (Å²) in [6.45, 7) is 1.02. The lowest BCUT2D eigenvalue weighted by molar-refractivity contribution is 0.415. The maximum absolute atomic E-state index is 5.54. The normalized spacial score (nSPS) is 15.4. The van der Waals surface area contributed by atoms with Crippen molar-refractivity contribution >= 4 is 11.0 Å². The van der Waals surface area contributed by atoms with Gasteiger partial charge in [0.2, 0.25) is 0 Å². The van der Waals surface area contributed by atoms with E-state index in [1.54, 1.807) is 7.11 Å². The van der Waals surface area contributed by atoms with Gasteiger partial charge in [-0.25, -0.2) is 0 Å². The van der Waals surface area contributed by atoms with Gasteiger partial charge in [0, 0.05) is 11.4 Å². The van der Waals surface area contributed by atoms with E-state index in [1.165, 1.54) is 23.8 Å². The first-order valence-corrected chi connectivity index (χ1v) is 6.14. The number of benzene rings is 1. The molecule has 0 saturated heterocycles. The molecule has 2 aromatic rings. The molecule has 0 atom stereocenters. The van der Waals surface area contributed by atoms with E-state index < -0.39 is 0 Å². The molecule has 90 valence electrons. The molecular weight excluding hydrogens is 214 g/mol. The second kappa shape index (κ2) is 4.41. The van der Waals surface area contributed by atoms with Crippen molar-refractivity contribution < 1.29 is 9.15 Å². The fourth-order valence-corrected chi connectivity index (χ4v) is 2.08. The van der Waals surface area contributed by atoms with Crippen molar-refractivity contribution in [1.29, 1.82) is 0 Å². The molecule has 17 heavy (non-hydrogen) atoms. The minimum Gasteiger partial charge on any atom is -0.497 e. The molecule has 1 aromatic heterocycles. The Labute approximate surface area is 101 Å². The van der Waals surface area contributed by atoms with Gasteiger partial charge in [-0.05, 0) is 49.6 Å². The second-order valence-corrected chi connectivity index (χ2v) is 4.60. The molecule has 3 heteroatoms. The average Bonchev–Trinajstić information content (AvgIpc) is 3.10. The molecule has 1 aromatic carbocycles. The highest BCUT2D eigenvalue weighted by atomic mass is 16.5. The van der Waals surface area contributed by atoms with E-state index in [2.05, 4.69) is 5.32 Å². The summed E-state index contributed by atoms with van der Waals surface area (Å²) in [5.74, 6) is 0.885. The monoisotopic (exact) mass is 231 g/mol. The van der Waals surface area contributed by atoms with Crippen LogP contribution in [0.1, 0.15) is 18.4 Å². The third-order valence-corrected chi connectivity index (χ3v) is 3.27. The van der Waals surface area contributed by atoms with Gasteiger partial charge in [-0.2, -0.15) is 0 Å². The van der Waals surface area contributed by atoms with Gasteiger partial charge in [-0.3, -0.25) is 0 Å². The zero-order valence-corrected chi connectivity index (χ0v) is 10.0. The maximum atomic E-state index is 5.54. The van der Waals surface area contributed by atoms with Crippen molar-refractivity contribution in [2.45, 2.75) is 25.3 Å². The van der Waals surface area contributed by atoms with Gasteiger partial charge < -0.3 is 14.5 Å². The Morgan fingerprint density at radius 2 is 2.29 bits per heavy atom. The summed E-state index contributed by atoms with van der Waals surface area (Å²) in [7, 11) is 1.69. The molecule has 1 fully saturated rings. The average molecular weight is 231 g/mol. The summed E-state index contributed by atoms with van der Waals surface area (Å²) in [6.07, 6.45) is 5.54. The van der Waals surface area contributed by atoms with E-state index in [4.69, 9.17) is 9.15 Å². The molecule has 0 spiro atoms. The van der Waals surface area contributed by atoms with Gasteiger partial charge in [-0.15, -0.1) is 0 Å². The van der Waals surface area contributed by atoms with Crippen molar-refractivity contribution in [2.24, 2.45) is 0 Å². The summed E-state index contributed by atoms with van der Waals surface area (Å²) < 4.78 is 10.8. The number of rotatable bonds is 5. The van der Waals surface area contributed by atoms with Crippen molar-refractivity contribution in [3.63, 3.8) is 0 Å². The lowest BCUT2D eigenvalue weighted by Crippen LogP contribution is -2.19. The second-order valence-electron chi connectivity index (χ2n) is 4.60. The highest BCUT2D eigenvalue weighted by Gasteiger charge is 2.19. The predicted octanol–water partition coefficient (Wildman–Crippen LogP) is 2.74. The lowest BCUT2D eigenvalue weighted by Gasteiger charge is -2.02. The zero-order chi connectivity index (χ0) is 11.7. The van der Waals surface area contributed by atoms with Crippen LogP contribution in [0.2, 0.25) is 0 Å². The summed E-state index contributed by atoms with van der Waals surface area (Å²) >= 11 is 0. The van der Waals surface area contributed by atoms with Crippen LogP contribution in [0.15, 0.2) is 28.9 Å². The predicted molar refractivity (Wildman–Crippen MR) is 67.5 cm³/mol. The Balaban J connectivity index is 1.77. The molecule has 1 heterocycles. The molecule has 3 rings (SSSR count). The molecule has 0 radical (unpaired) electrons. The van der Waals surface area contributed by atoms with E-state index in [0.717, 1.165) is 30.3 Å². The van der Waals surface area contributed by atoms with Gasteiger partial charge in [0.1, 0.15) is 11.3 Å². The van der Waals surface area contributed by atoms with Crippen molar-refractivity contribution in [3.05, 3.63) is 30.0 Å². The third kappa shape index (κ3) is 2.29. The van der Waals surface area contributed by atoms with Crippen molar-refractivity contribution in [2.75, 3.05) is 13.7 Å². The lowest BCUT2D eigenvalue weighted by atomic mass is 10.1. The van der Waals surface area contributed by atoms with Gasteiger partial charge in [0.15, 0.2) is 0 Å². The number of methoxy groups -OCH3 is 1. The summed E-state index contributed by atoms with van der Waals surface area (Å²) in [4.78, 5) is 0. The number of hydrogen-bond acceptors (Lipinski definition) is 3. The molecular formula is C14H17NO2. The minimum absolute atomic E-state index is 0.766. The van der Waals surface area contributed by atoms with Crippen LogP contribution < -0.4 is 10.1 Å². The molecule has 0 amide bonds. The van der Waals surface area contributed by atoms with E-state index >= 15 is 0 Å². The molecule has 0 aliphatic heterocycles. The maximum Gasteiger partial charge on any atom is 0.134 e. The Morgan fingerprint density at radius 1 is 1.41 bits per heavy atom. The van der Waals surface area contributed by atoms with Crippen LogP contribution in [0.25, 0.3) is 11.0 Å². The molecule has 1 saturated carbocycles. The van der Waals surface area contributed by atoms with Crippen LogP contribution in [0, 0.1) is 0 Å². The molecule has 0 bridgehead atoms. The Morgan fingerprint density at radius 3 is 3.06 bits per heavy atom. The van der Waals surface area contributed by atoms with Crippen LogP contribution in [-0.4, -0.2) is 19.7 Å². The number of nitrogens with one attached hydrogen (secondary N) is 1. The fraction of sp³-hybridized carbons (Fsp3) is 0.429. The smallest absolute Gasteiger partial charge is 0.134 e. The number of ether oxygens (including phenoxy) is 1. The first-order valence-electron chi connectivity index (χ1n) is 6.14. The number of furan rings is 1. The zero-order valence-electron chi connectivity index (χ0n) is 10.0. The van der Waals surface area contributed by atoms with Gasteiger partial charge >= 0.3 is 0 Å². The largest absolute Gasteiger partial charge is 0.497 e. The summed E-state index contributed by atoms with van der Waals surface area (Å²) in [6, 6.07) is 6.71. The van der Waals surface area contributed by atoms with E-state index in [1.807, 2.05) is 24.5 Å². The summed E-state index contributed by atoms with van der Waals surface area (Å²) in [5.41, 5.74) is 2.19. The molecule has 1 aliphatic rings. The Hall–Kier alpha value is -1.48. The van der Waals surface area contributed by atoms with Crippen LogP contribution >= 0.6 is 0 Å². The minimum atomic E-state index is 0.766. The van der Waals surface area contributed by atoms with Crippen molar-refractivity contribution in [3.8, 4) is 5.75 Å². The number of hydrogen-bond donors (Lipinski definition) is 1. The van der Waals surface area contributed by atoms with E-state index in [9.17, 15) is 0 Å². The topological polar surface area (TPSA) is 34.4 Å². The van der Waals surface area contributed by atoms with Crippen LogP contribution in [0.4, 0.5) is 0 Å². The van der Waals surface area contributed by atoms with Crippen LogP contribution in [0.5, 0.6) is 5.75 Å². The summed E-state index contributed by atoms with van der Waals surface area (Å²) in [5, 5.41) is 4.68. The van der Waals surface area contributed by atoms with Crippen molar-refractivity contribution in [1.82, 2.24) is 5.32 Å². The molecule has 1 N–H and O–H groups in total. The number of fused-ring (bicyclic) bond motifs is 1. The molecule has 1 aliphatic carbocycles. The first kappa shape index (κ1) is 10.7. The van der Waals surface area contributed by atoms with E-state index in [0.29, 0.717) is 0 Å². The Bertz CT molecular complexity index is 514. The Kier molecular flexibility index (Phi) is 2.77. The highest BCUT2D eigenvalue weighted by Crippen LogP contribution is 2.26. The van der Waals surface area contributed by atoms with Gasteiger partial charge in [0.25, 0.3) is 0 Å². The molecule has 3 nitrogen and oxygen atoms in total. The van der Waals surface area contributed by atoms with Crippen LogP contribution in [-0.2, 0) is 6.42 Å². The highest BCUT2D eigenvalue weighted by molar-refractivity contribution is 5.82. The standard InChI is InChI=1S/C14H17NO2/c1-16-12-4-5-14-13(8-12)10(9-17-14)6-7-15-11-2-3-11/h4-5,8-9,11,15H,2-3,6-7H2,1H3. The quantitative estimate of drug-likeness (QED) is 0.859. The van der Waals surface area contributed by atoms with Gasteiger partial charge in [-0.1, -0.05) is 0 Å². The third-order valence-electron chi connectivity index (χ3n) is 3.27. The molecule has 0 unspecified atom stereocenters. The first-order chi connectivity index (χ1) is 8.36. The van der Waals surface area contributed by atoms with E-state index in [-0.39, 0.29) is 0 Å². The van der Waals surface area contributed by atoms with Crippen LogP contribution in [0.3, 0.4) is 0 Å².